The van der Waals surface area contributed by atoms with Crippen molar-refractivity contribution in [3.05, 3.63) is 29.8 Å². The van der Waals surface area contributed by atoms with Crippen molar-refractivity contribution < 1.29 is 14.7 Å². The largest absolute Gasteiger partial charge is 0.508 e. The van der Waals surface area contributed by atoms with Gasteiger partial charge in [0, 0.05) is 13.0 Å². The first kappa shape index (κ1) is 30.8. The fourth-order valence-corrected chi connectivity index (χ4v) is 4.31. The van der Waals surface area contributed by atoms with Gasteiger partial charge in [0.2, 0.25) is 5.91 Å². The van der Waals surface area contributed by atoms with E-state index in [9.17, 15) is 14.7 Å². The Balaban J connectivity index is 1.94. The predicted molar refractivity (Wildman–Crippen MR) is 145 cm³/mol. The van der Waals surface area contributed by atoms with E-state index in [2.05, 4.69) is 12.2 Å². The molecule has 0 spiro atoms. The third kappa shape index (κ3) is 17.8. The van der Waals surface area contributed by atoms with Gasteiger partial charge in [0.25, 0.3) is 0 Å². The molecular weight excluding hydrogens is 438 g/mol. The first-order valence-electron chi connectivity index (χ1n) is 14.1. The van der Waals surface area contributed by atoms with Crippen LogP contribution in [0.4, 0.5) is 4.79 Å². The van der Waals surface area contributed by atoms with E-state index in [0.717, 1.165) is 38.5 Å². The first-order chi connectivity index (χ1) is 17.0. The fraction of sp³-hybridized carbons (Fsp3) is 0.724. The van der Waals surface area contributed by atoms with E-state index in [0.29, 0.717) is 18.7 Å². The molecule has 1 aromatic carbocycles. The summed E-state index contributed by atoms with van der Waals surface area (Å²) in [4.78, 5) is 25.3. The summed E-state index contributed by atoms with van der Waals surface area (Å²) in [7, 11) is 0. The van der Waals surface area contributed by atoms with Crippen molar-refractivity contribution in [2.45, 2.75) is 122 Å². The topological polar surface area (TPSA) is 95.7 Å². The zero-order valence-electron chi connectivity index (χ0n) is 22.2. The van der Waals surface area contributed by atoms with Crippen LogP contribution in [0.1, 0.15) is 122 Å². The summed E-state index contributed by atoms with van der Waals surface area (Å²) < 4.78 is 0. The minimum Gasteiger partial charge on any atom is -0.508 e. The number of nitrogens with two attached hydrogens (primary N) is 1. The quantitative estimate of drug-likeness (QED) is 0.120. The van der Waals surface area contributed by atoms with Crippen LogP contribution < -0.4 is 11.1 Å². The van der Waals surface area contributed by atoms with E-state index in [-0.39, 0.29) is 12.6 Å². The molecule has 0 radical (unpaired) electrons. The molecule has 6 nitrogen and oxygen atoms in total. The number of aromatic hydroxyl groups is 1. The highest BCUT2D eigenvalue weighted by Gasteiger charge is 2.10. The summed E-state index contributed by atoms with van der Waals surface area (Å²) in [6, 6.07) is 7.03. The molecule has 1 rings (SSSR count). The number of primary amides is 1. The van der Waals surface area contributed by atoms with E-state index in [1.54, 1.807) is 12.1 Å². The van der Waals surface area contributed by atoms with Gasteiger partial charge < -0.3 is 21.1 Å². The van der Waals surface area contributed by atoms with Crippen LogP contribution >= 0.6 is 0 Å². The summed E-state index contributed by atoms with van der Waals surface area (Å²) in [6.45, 7) is 3.05. The van der Waals surface area contributed by atoms with Crippen LogP contribution in [0, 0.1) is 0 Å². The zero-order chi connectivity index (χ0) is 25.6. The Hall–Kier alpha value is -2.24. The molecule has 0 heterocycles. The zero-order valence-corrected chi connectivity index (χ0v) is 22.2. The molecule has 0 atom stereocenters. The number of phenolic OH excluding ortho intramolecular Hbond substituents is 1. The maximum atomic E-state index is 12.1. The number of carbonyl (C=O) groups is 2. The number of phenols is 1. The van der Waals surface area contributed by atoms with Crippen LogP contribution in [0.5, 0.6) is 5.75 Å². The molecule has 0 bridgehead atoms. The van der Waals surface area contributed by atoms with E-state index >= 15 is 0 Å². The maximum Gasteiger partial charge on any atom is 0.316 e. The summed E-state index contributed by atoms with van der Waals surface area (Å²) in [5.74, 6) is 0.328. The second-order valence-corrected chi connectivity index (χ2v) is 9.83. The molecule has 0 unspecified atom stereocenters. The van der Waals surface area contributed by atoms with Crippen molar-refractivity contribution in [1.29, 1.82) is 0 Å². The Morgan fingerprint density at radius 1 is 0.771 bits per heavy atom. The summed E-state index contributed by atoms with van der Waals surface area (Å²) in [5, 5.41) is 12.2. The number of nitrogens with zero attached hydrogens (tertiary/aromatic N) is 1. The Bertz CT molecular complexity index is 664. The highest BCUT2D eigenvalue weighted by molar-refractivity contribution is 5.77. The first-order valence-corrected chi connectivity index (χ1v) is 14.1. The second kappa shape index (κ2) is 21.1. The Morgan fingerprint density at radius 3 is 1.86 bits per heavy atom. The summed E-state index contributed by atoms with van der Waals surface area (Å²) >= 11 is 0. The molecular formula is C29H51N3O3. The highest BCUT2D eigenvalue weighted by atomic mass is 16.3. The summed E-state index contributed by atoms with van der Waals surface area (Å²) in [5.41, 5.74) is 6.76. The van der Waals surface area contributed by atoms with Crippen molar-refractivity contribution in [3.8, 4) is 5.75 Å². The fourth-order valence-electron chi connectivity index (χ4n) is 4.31. The van der Waals surface area contributed by atoms with E-state index in [4.69, 9.17) is 5.73 Å². The van der Waals surface area contributed by atoms with Crippen LogP contribution in [0.25, 0.3) is 0 Å². The molecule has 0 aromatic heterocycles. The summed E-state index contributed by atoms with van der Waals surface area (Å²) in [6.07, 6.45) is 20.5. The maximum absolute atomic E-state index is 12.1. The Labute approximate surface area is 214 Å². The number of carbonyl (C=O) groups excluding carboxylic acids is 2. The molecule has 4 N–H and O–H groups in total. The minimum atomic E-state index is -0.462. The van der Waals surface area contributed by atoms with E-state index in [1.165, 1.54) is 81.1 Å². The van der Waals surface area contributed by atoms with Crippen LogP contribution in [-0.2, 0) is 11.2 Å². The highest BCUT2D eigenvalue weighted by Crippen LogP contribution is 2.14. The third-order valence-corrected chi connectivity index (χ3v) is 6.62. The lowest BCUT2D eigenvalue weighted by Gasteiger charge is -2.20. The molecule has 0 fully saturated rings. The number of hydrogen-bond acceptors (Lipinski definition) is 3. The Morgan fingerprint density at radius 2 is 1.29 bits per heavy atom. The van der Waals surface area contributed by atoms with Crippen molar-refractivity contribution >= 4 is 11.9 Å². The van der Waals surface area contributed by atoms with Gasteiger partial charge in [-0.25, -0.2) is 4.79 Å². The van der Waals surface area contributed by atoms with Gasteiger partial charge in [-0.2, -0.15) is 0 Å². The molecule has 6 heteroatoms. The van der Waals surface area contributed by atoms with Crippen LogP contribution in [0.15, 0.2) is 24.3 Å². The number of amides is 3. The van der Waals surface area contributed by atoms with Crippen molar-refractivity contribution in [3.63, 3.8) is 0 Å². The number of benzene rings is 1. The normalized spacial score (nSPS) is 10.9. The molecule has 0 aliphatic rings. The predicted octanol–water partition coefficient (Wildman–Crippen LogP) is 7.04. The smallest absolute Gasteiger partial charge is 0.316 e. The second-order valence-electron chi connectivity index (χ2n) is 9.83. The van der Waals surface area contributed by atoms with Crippen molar-refractivity contribution in [2.75, 3.05) is 13.2 Å². The molecule has 1 aromatic rings. The monoisotopic (exact) mass is 489 g/mol. The lowest BCUT2D eigenvalue weighted by molar-refractivity contribution is -0.121. The van der Waals surface area contributed by atoms with Gasteiger partial charge in [-0.3, -0.25) is 4.79 Å². The molecule has 35 heavy (non-hydrogen) atoms. The van der Waals surface area contributed by atoms with Crippen molar-refractivity contribution in [2.24, 2.45) is 5.73 Å². The molecule has 0 aliphatic carbocycles. The molecule has 3 amide bonds. The number of hydrogen-bond donors (Lipinski definition) is 3. The number of rotatable bonds is 22. The number of aryl methyl sites for hydroxylation is 1. The standard InChI is InChI=1S/C29H51N3O3/c1-2-3-4-5-6-11-14-17-24-32(29(30)35)25-31-28(34)19-16-13-10-8-7-9-12-15-18-26-20-22-27(33)23-21-26/h20-23,33H,2-19,24-25H2,1H3,(H2,30,35)(H,31,34). The van der Waals surface area contributed by atoms with Gasteiger partial charge in [-0.1, -0.05) is 103 Å². The molecule has 200 valence electrons. The average Bonchev–Trinajstić information content (AvgIpc) is 2.84. The average molecular weight is 490 g/mol. The molecule has 0 saturated carbocycles. The Kier molecular flexibility index (Phi) is 18.5. The van der Waals surface area contributed by atoms with Crippen LogP contribution in [0.2, 0.25) is 0 Å². The van der Waals surface area contributed by atoms with Gasteiger partial charge >= 0.3 is 6.03 Å². The van der Waals surface area contributed by atoms with Crippen LogP contribution in [-0.4, -0.2) is 35.2 Å². The lowest BCUT2D eigenvalue weighted by Crippen LogP contribution is -2.44. The molecule has 0 aliphatic heterocycles. The SMILES string of the molecule is CCCCCCCCCCN(CNC(=O)CCCCCCCCCCc1ccc(O)cc1)C(N)=O. The van der Waals surface area contributed by atoms with Crippen molar-refractivity contribution in [1.82, 2.24) is 10.2 Å². The minimum absolute atomic E-state index is 0.00130. The van der Waals surface area contributed by atoms with Gasteiger partial charge in [-0.15, -0.1) is 0 Å². The van der Waals surface area contributed by atoms with E-state index < -0.39 is 6.03 Å². The number of unbranched alkanes of at least 4 members (excludes halogenated alkanes) is 14. The van der Waals surface area contributed by atoms with Crippen LogP contribution in [0.3, 0.4) is 0 Å². The van der Waals surface area contributed by atoms with Gasteiger partial charge in [0.05, 0.1) is 6.67 Å². The lowest BCUT2D eigenvalue weighted by atomic mass is 10.0. The van der Waals surface area contributed by atoms with E-state index in [1.807, 2.05) is 12.1 Å². The number of nitrogens with one attached hydrogen (secondary N) is 1. The van der Waals surface area contributed by atoms with Gasteiger partial charge in [-0.05, 0) is 43.4 Å². The van der Waals surface area contributed by atoms with Gasteiger partial charge in [0.1, 0.15) is 5.75 Å². The third-order valence-electron chi connectivity index (χ3n) is 6.62. The van der Waals surface area contributed by atoms with Gasteiger partial charge in [0.15, 0.2) is 0 Å². The number of urea groups is 1. The molecule has 0 saturated heterocycles.